The minimum absolute atomic E-state index is 0.0810. The number of ether oxygens (including phenoxy) is 1. The average Bonchev–Trinajstić information content (AvgIpc) is 2.64. The zero-order valence-corrected chi connectivity index (χ0v) is 15.3. The lowest BCUT2D eigenvalue weighted by molar-refractivity contribution is 0.0691. The number of piperidine rings is 1. The molecular formula is C17H18FN3O5S. The number of carboxylic acids is 1. The van der Waals surface area contributed by atoms with Crippen molar-refractivity contribution in [2.75, 3.05) is 13.1 Å². The Hall–Kier alpha value is -2.59. The van der Waals surface area contributed by atoms with Crippen LogP contribution in [0.2, 0.25) is 0 Å². The Balaban J connectivity index is 1.79. The summed E-state index contributed by atoms with van der Waals surface area (Å²) in [5.41, 5.74) is 0.0524. The van der Waals surface area contributed by atoms with Gasteiger partial charge in [-0.05, 0) is 44.0 Å². The van der Waals surface area contributed by atoms with Crippen LogP contribution in [0.1, 0.15) is 28.9 Å². The fourth-order valence-corrected chi connectivity index (χ4v) is 4.35. The molecule has 10 heteroatoms. The number of aromatic carboxylic acids is 1. The number of aromatic nitrogens is 2. The van der Waals surface area contributed by atoms with Crippen LogP contribution in [0.3, 0.4) is 0 Å². The van der Waals surface area contributed by atoms with Crippen molar-refractivity contribution in [3.8, 4) is 5.88 Å². The van der Waals surface area contributed by atoms with E-state index >= 15 is 0 Å². The molecule has 8 nitrogen and oxygen atoms in total. The quantitative estimate of drug-likeness (QED) is 0.823. The Bertz CT molecular complexity index is 950. The highest BCUT2D eigenvalue weighted by Gasteiger charge is 2.32. The molecule has 1 fully saturated rings. The van der Waals surface area contributed by atoms with Gasteiger partial charge in [-0.15, -0.1) is 5.10 Å². The van der Waals surface area contributed by atoms with E-state index in [0.717, 1.165) is 23.9 Å². The largest absolute Gasteiger partial charge is 0.478 e. The Morgan fingerprint density at radius 2 is 2.07 bits per heavy atom. The number of halogens is 1. The van der Waals surface area contributed by atoms with Crippen LogP contribution in [-0.4, -0.2) is 53.2 Å². The molecule has 27 heavy (non-hydrogen) atoms. The van der Waals surface area contributed by atoms with E-state index < -0.39 is 33.5 Å². The van der Waals surface area contributed by atoms with E-state index in [0.29, 0.717) is 18.7 Å². The van der Waals surface area contributed by atoms with Gasteiger partial charge in [0, 0.05) is 12.6 Å². The second kappa shape index (κ2) is 7.57. The SMILES string of the molecule is Cc1ccc(O[C@@H]2CCCN(S(=O)(=O)c3ccc(F)c(C(=O)O)c3)C2)nn1. The minimum atomic E-state index is -3.98. The van der Waals surface area contributed by atoms with Gasteiger partial charge >= 0.3 is 5.97 Å². The zero-order chi connectivity index (χ0) is 19.6. The summed E-state index contributed by atoms with van der Waals surface area (Å²) in [5.74, 6) is -2.21. The first-order chi connectivity index (χ1) is 12.8. The van der Waals surface area contributed by atoms with E-state index in [1.165, 1.54) is 4.31 Å². The third-order valence-electron chi connectivity index (χ3n) is 4.21. The van der Waals surface area contributed by atoms with Gasteiger partial charge in [0.05, 0.1) is 22.7 Å². The van der Waals surface area contributed by atoms with Gasteiger partial charge < -0.3 is 9.84 Å². The number of carbonyl (C=O) groups is 1. The Labute approximate surface area is 155 Å². The van der Waals surface area contributed by atoms with Crippen molar-refractivity contribution >= 4 is 16.0 Å². The van der Waals surface area contributed by atoms with Gasteiger partial charge in [0.1, 0.15) is 11.9 Å². The van der Waals surface area contributed by atoms with Crippen LogP contribution in [0.25, 0.3) is 0 Å². The number of hydrogen-bond donors (Lipinski definition) is 1. The Morgan fingerprint density at radius 3 is 2.74 bits per heavy atom. The van der Waals surface area contributed by atoms with Crippen molar-refractivity contribution in [2.45, 2.75) is 30.8 Å². The first-order valence-electron chi connectivity index (χ1n) is 8.27. The number of benzene rings is 1. The smallest absolute Gasteiger partial charge is 0.338 e. The molecule has 1 aliphatic rings. The molecular weight excluding hydrogens is 377 g/mol. The second-order valence-corrected chi connectivity index (χ2v) is 8.14. The fourth-order valence-electron chi connectivity index (χ4n) is 2.82. The molecule has 1 atom stereocenters. The number of aryl methyl sites for hydroxylation is 1. The van der Waals surface area contributed by atoms with E-state index in [9.17, 15) is 17.6 Å². The molecule has 0 aliphatic carbocycles. The number of rotatable bonds is 5. The molecule has 2 heterocycles. The zero-order valence-electron chi connectivity index (χ0n) is 14.5. The van der Waals surface area contributed by atoms with Crippen molar-refractivity contribution < 1.29 is 27.4 Å². The summed E-state index contributed by atoms with van der Waals surface area (Å²) in [5, 5.41) is 16.8. The van der Waals surface area contributed by atoms with Crippen molar-refractivity contribution in [1.29, 1.82) is 0 Å². The molecule has 1 aromatic heterocycles. The standard InChI is InChI=1S/C17H18FN3O5S/c1-11-4-7-16(20-19-11)26-12-3-2-8-21(10-12)27(24,25)13-5-6-15(18)14(9-13)17(22)23/h4-7,9,12H,2-3,8,10H2,1H3,(H,22,23)/t12-/m1/s1. The molecule has 0 radical (unpaired) electrons. The molecule has 0 unspecified atom stereocenters. The molecule has 0 saturated carbocycles. The lowest BCUT2D eigenvalue weighted by atomic mass is 10.1. The lowest BCUT2D eigenvalue weighted by Gasteiger charge is -2.31. The maximum Gasteiger partial charge on any atom is 0.338 e. The van der Waals surface area contributed by atoms with Crippen LogP contribution >= 0.6 is 0 Å². The van der Waals surface area contributed by atoms with Gasteiger partial charge in [-0.25, -0.2) is 17.6 Å². The van der Waals surface area contributed by atoms with Gasteiger partial charge in [0.25, 0.3) is 0 Å². The molecule has 1 N–H and O–H groups in total. The molecule has 2 aromatic rings. The van der Waals surface area contributed by atoms with Crippen LogP contribution in [0, 0.1) is 12.7 Å². The highest BCUT2D eigenvalue weighted by Crippen LogP contribution is 2.24. The molecule has 1 saturated heterocycles. The maximum atomic E-state index is 13.6. The van der Waals surface area contributed by atoms with Crippen molar-refractivity contribution in [3.63, 3.8) is 0 Å². The molecule has 0 bridgehead atoms. The van der Waals surface area contributed by atoms with Crippen LogP contribution in [0.5, 0.6) is 5.88 Å². The van der Waals surface area contributed by atoms with E-state index in [4.69, 9.17) is 9.84 Å². The molecule has 0 amide bonds. The fraction of sp³-hybridized carbons (Fsp3) is 0.353. The molecule has 3 rings (SSSR count). The summed E-state index contributed by atoms with van der Waals surface area (Å²) in [6.45, 7) is 2.14. The highest BCUT2D eigenvalue weighted by molar-refractivity contribution is 7.89. The van der Waals surface area contributed by atoms with Gasteiger partial charge in [-0.2, -0.15) is 9.40 Å². The first kappa shape index (κ1) is 19.2. The molecule has 144 valence electrons. The summed E-state index contributed by atoms with van der Waals surface area (Å²) in [7, 11) is -3.98. The Morgan fingerprint density at radius 1 is 1.30 bits per heavy atom. The maximum absolute atomic E-state index is 13.6. The lowest BCUT2D eigenvalue weighted by Crippen LogP contribution is -2.44. The van der Waals surface area contributed by atoms with Crippen molar-refractivity contribution in [1.82, 2.24) is 14.5 Å². The summed E-state index contributed by atoms with van der Waals surface area (Å²) in [4.78, 5) is 10.8. The number of sulfonamides is 1. The highest BCUT2D eigenvalue weighted by atomic mass is 32.2. The van der Waals surface area contributed by atoms with E-state index in [1.54, 1.807) is 19.1 Å². The number of hydrogen-bond acceptors (Lipinski definition) is 6. The van der Waals surface area contributed by atoms with Crippen LogP contribution in [-0.2, 0) is 10.0 Å². The van der Waals surface area contributed by atoms with E-state index in [1.807, 2.05) is 0 Å². The van der Waals surface area contributed by atoms with Gasteiger partial charge in [0.2, 0.25) is 15.9 Å². The van der Waals surface area contributed by atoms with Crippen molar-refractivity contribution in [3.05, 3.63) is 47.4 Å². The predicted octanol–water partition coefficient (Wildman–Crippen LogP) is 1.85. The van der Waals surface area contributed by atoms with Gasteiger partial charge in [-0.1, -0.05) is 0 Å². The molecule has 1 aliphatic heterocycles. The monoisotopic (exact) mass is 395 g/mol. The normalized spacial score (nSPS) is 18.2. The average molecular weight is 395 g/mol. The summed E-state index contributed by atoms with van der Waals surface area (Å²) < 4.78 is 46.2. The second-order valence-electron chi connectivity index (χ2n) is 6.20. The van der Waals surface area contributed by atoms with E-state index in [-0.39, 0.29) is 18.0 Å². The number of nitrogens with zero attached hydrogens (tertiary/aromatic N) is 3. The first-order valence-corrected chi connectivity index (χ1v) is 9.71. The third-order valence-corrected chi connectivity index (χ3v) is 6.07. The van der Waals surface area contributed by atoms with E-state index in [2.05, 4.69) is 10.2 Å². The molecule has 1 aromatic carbocycles. The third kappa shape index (κ3) is 4.22. The summed E-state index contributed by atoms with van der Waals surface area (Å²) >= 11 is 0. The summed E-state index contributed by atoms with van der Waals surface area (Å²) in [6, 6.07) is 6.15. The predicted molar refractivity (Wildman–Crippen MR) is 92.5 cm³/mol. The topological polar surface area (TPSA) is 110 Å². The van der Waals surface area contributed by atoms with Gasteiger partial charge in [0.15, 0.2) is 0 Å². The Kier molecular flexibility index (Phi) is 5.38. The van der Waals surface area contributed by atoms with Crippen LogP contribution in [0.4, 0.5) is 4.39 Å². The van der Waals surface area contributed by atoms with Crippen LogP contribution in [0.15, 0.2) is 35.2 Å². The number of carboxylic acid groups (broad SMARTS) is 1. The van der Waals surface area contributed by atoms with Gasteiger partial charge in [-0.3, -0.25) is 0 Å². The van der Waals surface area contributed by atoms with Crippen LogP contribution < -0.4 is 4.74 Å². The van der Waals surface area contributed by atoms with Crippen molar-refractivity contribution in [2.24, 2.45) is 0 Å². The molecule has 0 spiro atoms. The minimum Gasteiger partial charge on any atom is -0.478 e. The summed E-state index contributed by atoms with van der Waals surface area (Å²) in [6.07, 6.45) is 0.798.